The van der Waals surface area contributed by atoms with E-state index in [4.69, 9.17) is 5.11 Å². The van der Waals surface area contributed by atoms with Crippen LogP contribution in [0.5, 0.6) is 0 Å². The van der Waals surface area contributed by atoms with E-state index in [-0.39, 0.29) is 23.7 Å². The van der Waals surface area contributed by atoms with Crippen LogP contribution in [0, 0.1) is 17.3 Å². The van der Waals surface area contributed by atoms with Gasteiger partial charge in [0, 0.05) is 5.92 Å². The zero-order chi connectivity index (χ0) is 10.2. The SMILES string of the molecule is CC(C)=CC1C(C(=O)CO)C1(C)C. The molecule has 0 aromatic carbocycles. The van der Waals surface area contributed by atoms with E-state index in [0.29, 0.717) is 5.92 Å². The molecule has 2 heteroatoms. The van der Waals surface area contributed by atoms with Crippen LogP contribution in [0.3, 0.4) is 0 Å². The Kier molecular flexibility index (Phi) is 2.62. The van der Waals surface area contributed by atoms with Gasteiger partial charge in [0.05, 0.1) is 0 Å². The normalized spacial score (nSPS) is 29.6. The fourth-order valence-corrected chi connectivity index (χ4v) is 2.06. The van der Waals surface area contributed by atoms with E-state index in [1.54, 1.807) is 0 Å². The molecule has 0 saturated heterocycles. The quantitative estimate of drug-likeness (QED) is 0.676. The molecule has 1 aliphatic carbocycles. The minimum Gasteiger partial charge on any atom is -0.389 e. The number of Topliss-reactive ketones (excluding diaryl/α,β-unsaturated/α-hetero) is 1. The van der Waals surface area contributed by atoms with Gasteiger partial charge in [-0.25, -0.2) is 0 Å². The van der Waals surface area contributed by atoms with Gasteiger partial charge in [-0.15, -0.1) is 0 Å². The number of allylic oxidation sites excluding steroid dienone is 2. The maximum atomic E-state index is 11.3. The highest BCUT2D eigenvalue weighted by Crippen LogP contribution is 2.59. The van der Waals surface area contributed by atoms with Crippen molar-refractivity contribution in [3.63, 3.8) is 0 Å². The number of rotatable bonds is 3. The van der Waals surface area contributed by atoms with Crippen molar-refractivity contribution in [1.29, 1.82) is 0 Å². The van der Waals surface area contributed by atoms with Gasteiger partial charge in [0.15, 0.2) is 5.78 Å². The predicted octanol–water partition coefficient (Wildman–Crippen LogP) is 1.79. The molecule has 0 amide bonds. The Morgan fingerprint density at radius 1 is 1.46 bits per heavy atom. The Hall–Kier alpha value is -0.630. The molecular formula is C11H18O2. The van der Waals surface area contributed by atoms with Crippen molar-refractivity contribution >= 4 is 5.78 Å². The van der Waals surface area contributed by atoms with Crippen LogP contribution in [-0.2, 0) is 4.79 Å². The van der Waals surface area contributed by atoms with Crippen LogP contribution in [0.15, 0.2) is 11.6 Å². The lowest BCUT2D eigenvalue weighted by Crippen LogP contribution is -2.10. The average Bonchev–Trinajstić information content (AvgIpc) is 2.51. The predicted molar refractivity (Wildman–Crippen MR) is 52.3 cm³/mol. The summed E-state index contributed by atoms with van der Waals surface area (Å²) in [6, 6.07) is 0. The van der Waals surface area contributed by atoms with Gasteiger partial charge in [-0.1, -0.05) is 25.5 Å². The van der Waals surface area contributed by atoms with Crippen LogP contribution in [0.4, 0.5) is 0 Å². The molecule has 1 aliphatic rings. The number of hydrogen-bond acceptors (Lipinski definition) is 2. The van der Waals surface area contributed by atoms with Gasteiger partial charge in [-0.05, 0) is 25.2 Å². The number of aliphatic hydroxyl groups is 1. The molecule has 0 aromatic rings. The first-order valence-corrected chi connectivity index (χ1v) is 4.70. The topological polar surface area (TPSA) is 37.3 Å². The molecule has 0 aliphatic heterocycles. The number of aliphatic hydroxyl groups excluding tert-OH is 1. The highest BCUT2D eigenvalue weighted by Gasteiger charge is 2.59. The van der Waals surface area contributed by atoms with E-state index in [0.717, 1.165) is 0 Å². The number of carbonyl (C=O) groups is 1. The van der Waals surface area contributed by atoms with Gasteiger partial charge in [-0.2, -0.15) is 0 Å². The summed E-state index contributed by atoms with van der Waals surface area (Å²) in [6.45, 7) is 7.91. The summed E-state index contributed by atoms with van der Waals surface area (Å²) in [4.78, 5) is 11.3. The molecule has 1 saturated carbocycles. The average molecular weight is 182 g/mol. The summed E-state index contributed by atoms with van der Waals surface area (Å²) < 4.78 is 0. The smallest absolute Gasteiger partial charge is 0.162 e. The molecule has 1 N–H and O–H groups in total. The van der Waals surface area contributed by atoms with Gasteiger partial charge in [0.1, 0.15) is 6.61 Å². The minimum absolute atomic E-state index is 0.0208. The molecule has 2 atom stereocenters. The summed E-state index contributed by atoms with van der Waals surface area (Å²) in [5.74, 6) is 0.344. The second kappa shape index (κ2) is 3.26. The van der Waals surface area contributed by atoms with Crippen molar-refractivity contribution in [3.05, 3.63) is 11.6 Å². The molecule has 2 unspecified atom stereocenters. The Bertz CT molecular complexity index is 247. The maximum absolute atomic E-state index is 11.3. The third kappa shape index (κ3) is 1.83. The van der Waals surface area contributed by atoms with Crippen LogP contribution in [0.1, 0.15) is 27.7 Å². The summed E-state index contributed by atoms with van der Waals surface area (Å²) in [6.07, 6.45) is 2.14. The lowest BCUT2D eigenvalue weighted by molar-refractivity contribution is -0.123. The molecule has 2 nitrogen and oxygen atoms in total. The molecule has 74 valence electrons. The number of carbonyl (C=O) groups excluding carboxylic acids is 1. The molecule has 0 radical (unpaired) electrons. The first-order valence-electron chi connectivity index (χ1n) is 4.70. The Morgan fingerprint density at radius 2 is 2.00 bits per heavy atom. The van der Waals surface area contributed by atoms with Crippen LogP contribution in [-0.4, -0.2) is 17.5 Å². The maximum Gasteiger partial charge on any atom is 0.162 e. The lowest BCUT2D eigenvalue weighted by atomic mass is 10.1. The van der Waals surface area contributed by atoms with Gasteiger partial charge < -0.3 is 5.11 Å². The van der Waals surface area contributed by atoms with Crippen molar-refractivity contribution in [2.24, 2.45) is 17.3 Å². The first-order chi connectivity index (χ1) is 5.91. The van der Waals surface area contributed by atoms with Crippen molar-refractivity contribution in [3.8, 4) is 0 Å². The molecule has 0 aromatic heterocycles. The standard InChI is InChI=1S/C11H18O2/c1-7(2)5-8-10(9(13)6-12)11(8,3)4/h5,8,10,12H,6H2,1-4H3. The molecule has 0 heterocycles. The van der Waals surface area contributed by atoms with Crippen molar-refractivity contribution < 1.29 is 9.90 Å². The molecule has 0 bridgehead atoms. The van der Waals surface area contributed by atoms with Crippen LogP contribution in [0.25, 0.3) is 0 Å². The van der Waals surface area contributed by atoms with Gasteiger partial charge in [0.2, 0.25) is 0 Å². The summed E-state index contributed by atoms with van der Waals surface area (Å²) >= 11 is 0. The van der Waals surface area contributed by atoms with Crippen molar-refractivity contribution in [2.45, 2.75) is 27.7 Å². The highest BCUT2D eigenvalue weighted by atomic mass is 16.3. The van der Waals surface area contributed by atoms with E-state index in [2.05, 4.69) is 19.9 Å². The molecule has 13 heavy (non-hydrogen) atoms. The Morgan fingerprint density at radius 3 is 2.38 bits per heavy atom. The molecular weight excluding hydrogens is 164 g/mol. The number of ketones is 1. The van der Waals surface area contributed by atoms with E-state index >= 15 is 0 Å². The van der Waals surface area contributed by atoms with Crippen LogP contribution in [0.2, 0.25) is 0 Å². The lowest BCUT2D eigenvalue weighted by Gasteiger charge is -1.98. The Labute approximate surface area is 79.6 Å². The molecule has 0 spiro atoms. The highest BCUT2D eigenvalue weighted by molar-refractivity contribution is 5.86. The molecule has 1 rings (SSSR count). The summed E-state index contributed by atoms with van der Waals surface area (Å²) in [7, 11) is 0. The summed E-state index contributed by atoms with van der Waals surface area (Å²) in [5, 5.41) is 8.76. The second-order valence-corrected chi connectivity index (χ2v) is 4.69. The summed E-state index contributed by atoms with van der Waals surface area (Å²) in [5.41, 5.74) is 1.29. The third-order valence-corrected chi connectivity index (χ3v) is 2.93. The van der Waals surface area contributed by atoms with Crippen LogP contribution >= 0.6 is 0 Å². The number of hydrogen-bond donors (Lipinski definition) is 1. The second-order valence-electron chi connectivity index (χ2n) is 4.69. The van der Waals surface area contributed by atoms with Gasteiger partial charge >= 0.3 is 0 Å². The Balaban J connectivity index is 2.72. The van der Waals surface area contributed by atoms with E-state index in [1.807, 2.05) is 13.8 Å². The van der Waals surface area contributed by atoms with Crippen molar-refractivity contribution in [1.82, 2.24) is 0 Å². The largest absolute Gasteiger partial charge is 0.389 e. The fraction of sp³-hybridized carbons (Fsp3) is 0.727. The van der Waals surface area contributed by atoms with Gasteiger partial charge in [0.25, 0.3) is 0 Å². The van der Waals surface area contributed by atoms with Crippen molar-refractivity contribution in [2.75, 3.05) is 6.61 Å². The fourth-order valence-electron chi connectivity index (χ4n) is 2.06. The van der Waals surface area contributed by atoms with Crippen LogP contribution < -0.4 is 0 Å². The van der Waals surface area contributed by atoms with E-state index in [1.165, 1.54) is 5.57 Å². The molecule has 1 fully saturated rings. The first kappa shape index (κ1) is 10.5. The third-order valence-electron chi connectivity index (χ3n) is 2.93. The zero-order valence-corrected chi connectivity index (χ0v) is 8.79. The van der Waals surface area contributed by atoms with E-state index < -0.39 is 0 Å². The monoisotopic (exact) mass is 182 g/mol. The minimum atomic E-state index is -0.318. The van der Waals surface area contributed by atoms with Gasteiger partial charge in [-0.3, -0.25) is 4.79 Å². The van der Waals surface area contributed by atoms with E-state index in [9.17, 15) is 4.79 Å². The zero-order valence-electron chi connectivity index (χ0n) is 8.79.